The Morgan fingerprint density at radius 2 is 1.84 bits per heavy atom. The van der Waals surface area contributed by atoms with Crippen LogP contribution in [0.5, 0.6) is 0 Å². The first kappa shape index (κ1) is 19.4. The highest BCUT2D eigenvalue weighted by Crippen LogP contribution is 2.21. The Morgan fingerprint density at radius 1 is 1.12 bits per heavy atom. The Balaban J connectivity index is 2.16. The van der Waals surface area contributed by atoms with Crippen molar-refractivity contribution in [3.63, 3.8) is 0 Å². The molecule has 0 aliphatic carbocycles. The van der Waals surface area contributed by atoms with Gasteiger partial charge in [-0.3, -0.25) is 9.59 Å². The molecule has 2 rings (SSSR count). The van der Waals surface area contributed by atoms with Gasteiger partial charge >= 0.3 is 11.9 Å². The second-order valence-corrected chi connectivity index (χ2v) is 6.72. The molecule has 0 radical (unpaired) electrons. The maximum absolute atomic E-state index is 12.4. The molecular formula is C18H27NO6. The molecule has 0 unspecified atom stereocenters. The Morgan fingerprint density at radius 3 is 2.56 bits per heavy atom. The predicted octanol–water partition coefficient (Wildman–Crippen LogP) is 1.31. The second-order valence-electron chi connectivity index (χ2n) is 6.72. The molecule has 0 aromatic carbocycles. The number of rotatable bonds is 1. The van der Waals surface area contributed by atoms with Gasteiger partial charge in [0, 0.05) is 26.0 Å². The zero-order valence-corrected chi connectivity index (χ0v) is 15.1. The molecule has 4 atom stereocenters. The third-order valence-corrected chi connectivity index (χ3v) is 4.66. The highest BCUT2D eigenvalue weighted by Gasteiger charge is 2.35. The molecule has 0 bridgehead atoms. The smallest absolute Gasteiger partial charge is 0.328 e. The van der Waals surface area contributed by atoms with E-state index in [1.165, 1.54) is 0 Å². The highest BCUT2D eigenvalue weighted by atomic mass is 16.6. The number of hydrogen-bond donors (Lipinski definition) is 0. The highest BCUT2D eigenvalue weighted by molar-refractivity contribution is 5.86. The van der Waals surface area contributed by atoms with E-state index in [0.29, 0.717) is 13.0 Å². The van der Waals surface area contributed by atoms with E-state index in [0.717, 1.165) is 6.42 Å². The van der Waals surface area contributed by atoms with Crippen LogP contribution in [0, 0.1) is 11.8 Å². The van der Waals surface area contributed by atoms with Crippen LogP contribution in [-0.2, 0) is 28.6 Å². The number of amides is 1. The lowest BCUT2D eigenvalue weighted by molar-refractivity contribution is -0.159. The van der Waals surface area contributed by atoms with Crippen LogP contribution in [0.2, 0.25) is 0 Å². The van der Waals surface area contributed by atoms with Gasteiger partial charge in [0.15, 0.2) is 0 Å². The number of cyclic esters (lactones) is 2. The zero-order chi connectivity index (χ0) is 18.4. The van der Waals surface area contributed by atoms with Crippen molar-refractivity contribution in [2.45, 2.75) is 45.3 Å². The molecule has 7 nitrogen and oxygen atoms in total. The van der Waals surface area contributed by atoms with Crippen molar-refractivity contribution in [3.05, 3.63) is 12.2 Å². The van der Waals surface area contributed by atoms with Gasteiger partial charge in [0.2, 0.25) is 5.91 Å². The fraction of sp³-hybridized carbons (Fsp3) is 0.722. The van der Waals surface area contributed by atoms with Gasteiger partial charge in [-0.2, -0.15) is 0 Å². The van der Waals surface area contributed by atoms with E-state index >= 15 is 0 Å². The van der Waals surface area contributed by atoms with Gasteiger partial charge in [-0.05, 0) is 19.8 Å². The molecule has 1 saturated heterocycles. The van der Waals surface area contributed by atoms with E-state index in [9.17, 15) is 14.4 Å². The lowest BCUT2D eigenvalue weighted by atomic mass is 10.0. The molecule has 0 aromatic rings. The molecule has 25 heavy (non-hydrogen) atoms. The quantitative estimate of drug-likeness (QED) is 0.522. The summed E-state index contributed by atoms with van der Waals surface area (Å²) in [7, 11) is 1.58. The summed E-state index contributed by atoms with van der Waals surface area (Å²) in [6, 6.07) is -0.564. The molecule has 1 fully saturated rings. The van der Waals surface area contributed by atoms with Gasteiger partial charge in [-0.1, -0.05) is 19.1 Å². The number of esters is 2. The molecule has 7 heteroatoms. The normalized spacial score (nSPS) is 33.7. The zero-order valence-electron chi connectivity index (χ0n) is 15.1. The number of fused-ring (bicyclic) bond motifs is 1. The van der Waals surface area contributed by atoms with Crippen LogP contribution in [-0.4, -0.2) is 61.8 Å². The van der Waals surface area contributed by atoms with Crippen molar-refractivity contribution < 1.29 is 28.6 Å². The summed E-state index contributed by atoms with van der Waals surface area (Å²) in [5.74, 6) is -1.57. The number of carbonyl (C=O) groups is 3. The Hall–Kier alpha value is -1.89. The molecule has 0 aromatic heterocycles. The topological polar surface area (TPSA) is 82.1 Å². The van der Waals surface area contributed by atoms with Crippen LogP contribution >= 0.6 is 0 Å². The summed E-state index contributed by atoms with van der Waals surface area (Å²) in [6.45, 7) is 4.27. The van der Waals surface area contributed by atoms with Crippen molar-refractivity contribution in [2.24, 2.45) is 11.8 Å². The standard InChI is InChI=1S/C18H27NO6/c1-12-10-24-17(21)13(2)11-25-18(22)14-6-5-9-19(14)16(20)8-4-7-15(12)23-3/h4,7,12-15H,5-6,8-11H2,1-3H3/b7-4+/t12-,13+,14+,15-/m1/s1. The Kier molecular flexibility index (Phi) is 6.99. The van der Waals surface area contributed by atoms with Gasteiger partial charge in [0.25, 0.3) is 0 Å². The summed E-state index contributed by atoms with van der Waals surface area (Å²) < 4.78 is 16.0. The van der Waals surface area contributed by atoms with Crippen LogP contribution in [0.1, 0.15) is 33.1 Å². The van der Waals surface area contributed by atoms with Crippen molar-refractivity contribution in [1.82, 2.24) is 4.90 Å². The number of ether oxygens (including phenoxy) is 3. The number of nitrogens with zero attached hydrogens (tertiary/aromatic N) is 1. The fourth-order valence-electron chi connectivity index (χ4n) is 3.05. The van der Waals surface area contributed by atoms with Crippen LogP contribution in [0.15, 0.2) is 12.2 Å². The number of hydrogen-bond acceptors (Lipinski definition) is 6. The van der Waals surface area contributed by atoms with Crippen LogP contribution < -0.4 is 0 Å². The second kappa shape index (κ2) is 8.99. The SMILES string of the molecule is CO[C@@H]1/C=C/CC(=O)N2CCC[C@H]2C(=O)OC[C@H](C)C(=O)OC[C@H]1C. The van der Waals surface area contributed by atoms with E-state index in [-0.39, 0.29) is 37.6 Å². The molecule has 1 amide bonds. The van der Waals surface area contributed by atoms with Gasteiger partial charge < -0.3 is 19.1 Å². The lowest BCUT2D eigenvalue weighted by Crippen LogP contribution is -2.41. The van der Waals surface area contributed by atoms with Crippen molar-refractivity contribution >= 4 is 17.8 Å². The van der Waals surface area contributed by atoms with Crippen molar-refractivity contribution in [3.8, 4) is 0 Å². The van der Waals surface area contributed by atoms with Crippen molar-refractivity contribution in [2.75, 3.05) is 26.9 Å². The Labute approximate surface area is 148 Å². The molecule has 0 spiro atoms. The van der Waals surface area contributed by atoms with E-state index in [2.05, 4.69) is 0 Å². The minimum Gasteiger partial charge on any atom is -0.465 e. The molecule has 140 valence electrons. The van der Waals surface area contributed by atoms with Gasteiger partial charge in [-0.25, -0.2) is 4.79 Å². The first-order valence-electron chi connectivity index (χ1n) is 8.76. The minimum absolute atomic E-state index is 0.0451. The van der Waals surface area contributed by atoms with E-state index in [4.69, 9.17) is 14.2 Å². The summed E-state index contributed by atoms with van der Waals surface area (Å²) in [5, 5.41) is 0. The van der Waals surface area contributed by atoms with Crippen LogP contribution in [0.4, 0.5) is 0 Å². The summed E-state index contributed by atoms with van der Waals surface area (Å²) in [6.07, 6.45) is 4.86. The fourth-order valence-corrected chi connectivity index (χ4v) is 3.05. The summed E-state index contributed by atoms with van der Waals surface area (Å²) >= 11 is 0. The van der Waals surface area contributed by atoms with Gasteiger partial charge in [-0.15, -0.1) is 0 Å². The maximum Gasteiger partial charge on any atom is 0.328 e. The molecular weight excluding hydrogens is 326 g/mol. The lowest BCUT2D eigenvalue weighted by Gasteiger charge is -2.23. The largest absolute Gasteiger partial charge is 0.465 e. The maximum atomic E-state index is 12.4. The predicted molar refractivity (Wildman–Crippen MR) is 89.5 cm³/mol. The summed E-state index contributed by atoms with van der Waals surface area (Å²) in [4.78, 5) is 38.3. The van der Waals surface area contributed by atoms with Gasteiger partial charge in [0.1, 0.15) is 12.6 Å². The average Bonchev–Trinajstić information content (AvgIpc) is 3.09. The molecule has 2 aliphatic heterocycles. The number of carbonyl (C=O) groups excluding carboxylic acids is 3. The third-order valence-electron chi connectivity index (χ3n) is 4.66. The monoisotopic (exact) mass is 353 g/mol. The minimum atomic E-state index is -0.564. The number of methoxy groups -OCH3 is 1. The molecule has 0 saturated carbocycles. The van der Waals surface area contributed by atoms with Crippen molar-refractivity contribution in [1.29, 1.82) is 0 Å². The average molecular weight is 353 g/mol. The summed E-state index contributed by atoms with van der Waals surface area (Å²) in [5.41, 5.74) is 0. The van der Waals surface area contributed by atoms with Crippen LogP contribution in [0.3, 0.4) is 0 Å². The first-order valence-corrected chi connectivity index (χ1v) is 8.76. The van der Waals surface area contributed by atoms with E-state index in [1.54, 1.807) is 25.0 Å². The van der Waals surface area contributed by atoms with Crippen LogP contribution in [0.25, 0.3) is 0 Å². The van der Waals surface area contributed by atoms with E-state index < -0.39 is 23.9 Å². The van der Waals surface area contributed by atoms with Gasteiger partial charge in [0.05, 0.1) is 18.6 Å². The molecule has 2 heterocycles. The molecule has 2 aliphatic rings. The Bertz CT molecular complexity index is 532. The van der Waals surface area contributed by atoms with E-state index in [1.807, 2.05) is 13.0 Å². The first-order chi connectivity index (χ1) is 11.9. The molecule has 0 N–H and O–H groups in total. The third kappa shape index (κ3) is 5.04.